The molecule has 0 spiro atoms. The van der Waals surface area contributed by atoms with E-state index in [2.05, 4.69) is 6.92 Å². The van der Waals surface area contributed by atoms with Gasteiger partial charge in [0, 0.05) is 12.0 Å². The summed E-state index contributed by atoms with van der Waals surface area (Å²) in [6.07, 6.45) is 3.24. The van der Waals surface area contributed by atoms with Gasteiger partial charge in [0.2, 0.25) is 0 Å². The summed E-state index contributed by atoms with van der Waals surface area (Å²) < 4.78 is 19.2. The molecule has 3 rings (SSSR count). The number of aliphatic hydroxyl groups excluding tert-OH is 1. The van der Waals surface area contributed by atoms with Gasteiger partial charge in [-0.15, -0.1) is 0 Å². The van der Waals surface area contributed by atoms with Crippen LogP contribution in [0.15, 0.2) is 18.2 Å². The predicted molar refractivity (Wildman–Crippen MR) is 62.4 cm³/mol. The highest BCUT2D eigenvalue weighted by molar-refractivity contribution is 5.39. The summed E-state index contributed by atoms with van der Waals surface area (Å²) in [5.74, 6) is 0.890. The van der Waals surface area contributed by atoms with E-state index in [1.807, 2.05) is 0 Å². The second-order valence-corrected chi connectivity index (χ2v) is 5.20. The molecule has 1 aromatic rings. The monoisotopic (exact) mass is 236 g/mol. The molecule has 0 bridgehead atoms. The molecule has 0 aromatic heterocycles. The average Bonchev–Trinajstić information content (AvgIpc) is 3.14. The van der Waals surface area contributed by atoms with Crippen molar-refractivity contribution in [2.45, 2.75) is 44.3 Å². The molecule has 1 N–H and O–H groups in total. The Morgan fingerprint density at radius 2 is 2.24 bits per heavy atom. The quantitative estimate of drug-likeness (QED) is 0.854. The van der Waals surface area contributed by atoms with Crippen LogP contribution in [-0.2, 0) is 0 Å². The topological polar surface area (TPSA) is 29.5 Å². The Bertz CT molecular complexity index is 442. The van der Waals surface area contributed by atoms with Gasteiger partial charge in [0.1, 0.15) is 17.2 Å². The second-order valence-electron chi connectivity index (χ2n) is 5.20. The fourth-order valence-electron chi connectivity index (χ4n) is 2.94. The largest absolute Gasteiger partial charge is 0.487 e. The van der Waals surface area contributed by atoms with E-state index in [1.54, 1.807) is 6.07 Å². The molecule has 0 radical (unpaired) electrons. The molecule has 92 valence electrons. The van der Waals surface area contributed by atoms with Crippen LogP contribution in [0, 0.1) is 11.7 Å². The first-order chi connectivity index (χ1) is 8.14. The SMILES string of the molecule is CCC1(C2CC2)CC(O)c2cc(F)ccc2O1. The third-order valence-corrected chi connectivity index (χ3v) is 4.10. The summed E-state index contributed by atoms with van der Waals surface area (Å²) in [4.78, 5) is 0. The summed E-state index contributed by atoms with van der Waals surface area (Å²) in [6.45, 7) is 2.10. The first-order valence-corrected chi connectivity index (χ1v) is 6.31. The molecule has 0 saturated heterocycles. The van der Waals surface area contributed by atoms with Gasteiger partial charge in [-0.3, -0.25) is 0 Å². The van der Waals surface area contributed by atoms with E-state index in [-0.39, 0.29) is 11.4 Å². The van der Waals surface area contributed by atoms with Crippen molar-refractivity contribution in [3.05, 3.63) is 29.6 Å². The molecule has 2 atom stereocenters. The normalized spacial score (nSPS) is 31.8. The van der Waals surface area contributed by atoms with Crippen LogP contribution < -0.4 is 4.74 Å². The molecule has 3 heteroatoms. The fraction of sp³-hybridized carbons (Fsp3) is 0.571. The molecule has 2 nitrogen and oxygen atoms in total. The first kappa shape index (κ1) is 11.0. The molecule has 1 heterocycles. The number of benzene rings is 1. The van der Waals surface area contributed by atoms with Crippen molar-refractivity contribution >= 4 is 0 Å². The number of ether oxygens (including phenoxy) is 1. The summed E-state index contributed by atoms with van der Waals surface area (Å²) >= 11 is 0. The van der Waals surface area contributed by atoms with Crippen molar-refractivity contribution in [3.8, 4) is 5.75 Å². The predicted octanol–water partition coefficient (Wildman–Crippen LogP) is 3.20. The standard InChI is InChI=1S/C14H17FO2/c1-2-14(9-3-4-9)8-12(16)11-7-10(15)5-6-13(11)17-14/h5-7,9,12,16H,2-4,8H2,1H3. The molecule has 0 amide bonds. The van der Waals surface area contributed by atoms with Crippen LogP contribution in [0.1, 0.15) is 44.3 Å². The third-order valence-electron chi connectivity index (χ3n) is 4.10. The fourth-order valence-corrected chi connectivity index (χ4v) is 2.94. The highest BCUT2D eigenvalue weighted by Crippen LogP contribution is 2.52. The summed E-state index contributed by atoms with van der Waals surface area (Å²) in [6, 6.07) is 4.41. The van der Waals surface area contributed by atoms with Crippen LogP contribution >= 0.6 is 0 Å². The van der Waals surface area contributed by atoms with Gasteiger partial charge in [-0.05, 0) is 43.4 Å². The van der Waals surface area contributed by atoms with Crippen LogP contribution in [0.25, 0.3) is 0 Å². The highest BCUT2D eigenvalue weighted by atomic mass is 19.1. The molecule has 17 heavy (non-hydrogen) atoms. The highest BCUT2D eigenvalue weighted by Gasteiger charge is 2.50. The number of halogens is 1. The maximum Gasteiger partial charge on any atom is 0.126 e. The van der Waals surface area contributed by atoms with Gasteiger partial charge in [-0.25, -0.2) is 4.39 Å². The molecule has 1 aliphatic heterocycles. The number of hydrogen-bond donors (Lipinski definition) is 1. The van der Waals surface area contributed by atoms with Crippen molar-refractivity contribution in [2.75, 3.05) is 0 Å². The molecule has 1 fully saturated rings. The van der Waals surface area contributed by atoms with Gasteiger partial charge in [0.25, 0.3) is 0 Å². The van der Waals surface area contributed by atoms with E-state index in [4.69, 9.17) is 4.74 Å². The van der Waals surface area contributed by atoms with E-state index in [0.717, 1.165) is 6.42 Å². The van der Waals surface area contributed by atoms with Gasteiger partial charge in [-0.2, -0.15) is 0 Å². The van der Waals surface area contributed by atoms with E-state index < -0.39 is 6.10 Å². The Kier molecular flexibility index (Phi) is 2.40. The lowest BCUT2D eigenvalue weighted by Gasteiger charge is -2.40. The van der Waals surface area contributed by atoms with E-state index in [9.17, 15) is 9.50 Å². The van der Waals surface area contributed by atoms with Crippen molar-refractivity contribution < 1.29 is 14.2 Å². The van der Waals surface area contributed by atoms with Crippen molar-refractivity contribution in [1.29, 1.82) is 0 Å². The Balaban J connectivity index is 1.99. The van der Waals surface area contributed by atoms with Crippen molar-refractivity contribution in [1.82, 2.24) is 0 Å². The van der Waals surface area contributed by atoms with Crippen molar-refractivity contribution in [3.63, 3.8) is 0 Å². The second kappa shape index (κ2) is 3.70. The summed E-state index contributed by atoms with van der Waals surface area (Å²) in [5.41, 5.74) is 0.360. The number of rotatable bonds is 2. The number of fused-ring (bicyclic) bond motifs is 1. The molecule has 1 saturated carbocycles. The maximum absolute atomic E-state index is 13.1. The van der Waals surface area contributed by atoms with Gasteiger partial charge < -0.3 is 9.84 Å². The van der Waals surface area contributed by atoms with Gasteiger partial charge in [0.05, 0.1) is 6.10 Å². The maximum atomic E-state index is 13.1. The molecule has 1 aromatic carbocycles. The lowest BCUT2D eigenvalue weighted by atomic mass is 9.83. The Morgan fingerprint density at radius 1 is 1.47 bits per heavy atom. The average molecular weight is 236 g/mol. The minimum absolute atomic E-state index is 0.232. The van der Waals surface area contributed by atoms with Gasteiger partial charge >= 0.3 is 0 Å². The zero-order valence-corrected chi connectivity index (χ0v) is 9.95. The minimum Gasteiger partial charge on any atom is -0.487 e. The minimum atomic E-state index is -0.602. The Morgan fingerprint density at radius 3 is 2.88 bits per heavy atom. The Hall–Kier alpha value is -1.09. The number of aliphatic hydroxyl groups is 1. The smallest absolute Gasteiger partial charge is 0.126 e. The van der Waals surface area contributed by atoms with Crippen LogP contribution in [0.4, 0.5) is 4.39 Å². The molecular formula is C14H17FO2. The van der Waals surface area contributed by atoms with Gasteiger partial charge in [-0.1, -0.05) is 6.92 Å². The molecular weight excluding hydrogens is 219 g/mol. The summed E-state index contributed by atoms with van der Waals surface area (Å²) in [7, 11) is 0. The van der Waals surface area contributed by atoms with E-state index in [0.29, 0.717) is 23.7 Å². The number of hydrogen-bond acceptors (Lipinski definition) is 2. The molecule has 2 aliphatic rings. The van der Waals surface area contributed by atoms with Gasteiger partial charge in [0.15, 0.2) is 0 Å². The Labute approximate surface area is 100 Å². The zero-order valence-electron chi connectivity index (χ0n) is 9.95. The van der Waals surface area contributed by atoms with Crippen molar-refractivity contribution in [2.24, 2.45) is 5.92 Å². The lowest BCUT2D eigenvalue weighted by Crippen LogP contribution is -2.42. The van der Waals surface area contributed by atoms with Crippen LogP contribution in [0.3, 0.4) is 0 Å². The first-order valence-electron chi connectivity index (χ1n) is 6.31. The van der Waals surface area contributed by atoms with Crippen LogP contribution in [-0.4, -0.2) is 10.7 Å². The van der Waals surface area contributed by atoms with Crippen LogP contribution in [0.5, 0.6) is 5.75 Å². The summed E-state index contributed by atoms with van der Waals surface area (Å²) in [5, 5.41) is 10.2. The molecule has 2 unspecified atom stereocenters. The lowest BCUT2D eigenvalue weighted by molar-refractivity contribution is -0.0329. The zero-order chi connectivity index (χ0) is 12.0. The third kappa shape index (κ3) is 1.73. The van der Waals surface area contributed by atoms with E-state index in [1.165, 1.54) is 25.0 Å². The van der Waals surface area contributed by atoms with Crippen LogP contribution in [0.2, 0.25) is 0 Å². The van der Waals surface area contributed by atoms with E-state index >= 15 is 0 Å². The molecule has 1 aliphatic carbocycles.